The summed E-state index contributed by atoms with van der Waals surface area (Å²) in [5.41, 5.74) is 2.44. The van der Waals surface area contributed by atoms with Crippen molar-refractivity contribution in [2.24, 2.45) is 5.92 Å². The summed E-state index contributed by atoms with van der Waals surface area (Å²) in [6, 6.07) is 10.5. The summed E-state index contributed by atoms with van der Waals surface area (Å²) in [6.07, 6.45) is 0.918. The van der Waals surface area contributed by atoms with Gasteiger partial charge in [0, 0.05) is 30.9 Å². The van der Waals surface area contributed by atoms with Crippen LogP contribution in [-0.2, 0) is 30.8 Å². The van der Waals surface area contributed by atoms with Crippen LogP contribution in [0.2, 0.25) is 0 Å². The number of aromatic nitrogens is 4. The first kappa shape index (κ1) is 19.7. The minimum atomic E-state index is -0.217. The Hall–Kier alpha value is -2.58. The first-order valence-corrected chi connectivity index (χ1v) is 10.7. The Balaban J connectivity index is 1.36. The Bertz CT molecular complexity index is 996. The highest BCUT2D eigenvalue weighted by molar-refractivity contribution is 7.15. The molecule has 1 aromatic carbocycles. The fourth-order valence-corrected chi connectivity index (χ4v) is 4.64. The maximum absolute atomic E-state index is 12.6. The Morgan fingerprint density at radius 1 is 1.24 bits per heavy atom. The highest BCUT2D eigenvalue weighted by atomic mass is 32.1. The maximum Gasteiger partial charge on any atom is 0.230 e. The van der Waals surface area contributed by atoms with Gasteiger partial charge in [-0.05, 0) is 19.4 Å². The van der Waals surface area contributed by atoms with Crippen LogP contribution in [0.1, 0.15) is 34.7 Å². The van der Waals surface area contributed by atoms with E-state index in [0.29, 0.717) is 11.7 Å². The van der Waals surface area contributed by atoms with Gasteiger partial charge in [0.25, 0.3) is 0 Å². The lowest BCUT2D eigenvalue weighted by Gasteiger charge is -2.25. The van der Waals surface area contributed by atoms with E-state index in [1.165, 1.54) is 10.4 Å². The van der Waals surface area contributed by atoms with Gasteiger partial charge in [0.05, 0.1) is 18.2 Å². The molecule has 4 rings (SSSR count). The van der Waals surface area contributed by atoms with Crippen molar-refractivity contribution in [1.82, 2.24) is 24.6 Å². The number of aryl methyl sites for hydroxylation is 2. The van der Waals surface area contributed by atoms with Crippen LogP contribution in [0.5, 0.6) is 0 Å². The third kappa shape index (κ3) is 4.71. The highest BCUT2D eigenvalue weighted by Crippen LogP contribution is 2.29. The van der Waals surface area contributed by atoms with Gasteiger partial charge in [0.2, 0.25) is 5.91 Å². The Morgan fingerprint density at radius 3 is 2.76 bits per heavy atom. The average molecular weight is 411 g/mol. The smallest absolute Gasteiger partial charge is 0.230 e. The molecule has 2 aromatic heterocycles. The molecule has 0 saturated carbocycles. The van der Waals surface area contributed by atoms with E-state index in [1.54, 1.807) is 16.0 Å². The molecule has 0 aliphatic carbocycles. The quantitative estimate of drug-likeness (QED) is 0.675. The molecular weight excluding hydrogens is 384 g/mol. The second kappa shape index (κ2) is 8.42. The highest BCUT2D eigenvalue weighted by Gasteiger charge is 2.23. The second-order valence-electron chi connectivity index (χ2n) is 7.61. The number of nitrogens with zero attached hydrogens (tertiary/aromatic N) is 5. The molecule has 1 amide bonds. The van der Waals surface area contributed by atoms with Crippen LogP contribution < -0.4 is 5.32 Å². The van der Waals surface area contributed by atoms with E-state index in [9.17, 15) is 4.79 Å². The van der Waals surface area contributed by atoms with E-state index in [2.05, 4.69) is 49.5 Å². The predicted molar refractivity (Wildman–Crippen MR) is 114 cm³/mol. The van der Waals surface area contributed by atoms with Crippen LogP contribution in [0.4, 0.5) is 5.13 Å². The number of carbonyl (C=O) groups excluding carboxylic acids is 1. The number of amides is 1. The molecule has 0 fully saturated rings. The molecule has 3 aromatic rings. The molecule has 8 heteroatoms. The van der Waals surface area contributed by atoms with Crippen molar-refractivity contribution in [3.8, 4) is 0 Å². The second-order valence-corrected chi connectivity index (χ2v) is 8.70. The molecular formula is C21H26N6OS. The minimum absolute atomic E-state index is 0.0372. The average Bonchev–Trinajstić information content (AvgIpc) is 3.23. The van der Waals surface area contributed by atoms with Gasteiger partial charge in [0.1, 0.15) is 11.6 Å². The molecule has 152 valence electrons. The van der Waals surface area contributed by atoms with Crippen molar-refractivity contribution in [3.63, 3.8) is 0 Å². The van der Waals surface area contributed by atoms with E-state index in [0.717, 1.165) is 43.4 Å². The summed E-state index contributed by atoms with van der Waals surface area (Å²) in [6.45, 7) is 8.98. The van der Waals surface area contributed by atoms with Crippen molar-refractivity contribution in [2.75, 3.05) is 11.9 Å². The van der Waals surface area contributed by atoms with Crippen LogP contribution in [0.15, 0.2) is 30.3 Å². The van der Waals surface area contributed by atoms with Crippen molar-refractivity contribution in [3.05, 3.63) is 58.1 Å². The molecule has 0 spiro atoms. The summed E-state index contributed by atoms with van der Waals surface area (Å²) < 4.78 is 1.79. The monoisotopic (exact) mass is 410 g/mol. The van der Waals surface area contributed by atoms with Crippen LogP contribution in [0.25, 0.3) is 0 Å². The first-order valence-electron chi connectivity index (χ1n) is 9.91. The van der Waals surface area contributed by atoms with Crippen molar-refractivity contribution in [1.29, 1.82) is 0 Å². The largest absolute Gasteiger partial charge is 0.302 e. The topological polar surface area (TPSA) is 75.9 Å². The van der Waals surface area contributed by atoms with Crippen molar-refractivity contribution >= 4 is 22.4 Å². The molecule has 1 N–H and O–H groups in total. The third-order valence-electron chi connectivity index (χ3n) is 5.15. The van der Waals surface area contributed by atoms with Gasteiger partial charge in [-0.2, -0.15) is 5.10 Å². The van der Waals surface area contributed by atoms with E-state index in [1.807, 2.05) is 26.8 Å². The lowest BCUT2D eigenvalue weighted by Crippen LogP contribution is -2.29. The molecule has 1 atom stereocenters. The minimum Gasteiger partial charge on any atom is -0.302 e. The fourth-order valence-electron chi connectivity index (χ4n) is 3.58. The lowest BCUT2D eigenvalue weighted by atomic mass is 10.1. The van der Waals surface area contributed by atoms with Crippen LogP contribution in [-0.4, -0.2) is 37.1 Å². The number of hydrogen-bond acceptors (Lipinski definition) is 6. The Morgan fingerprint density at radius 2 is 2.03 bits per heavy atom. The van der Waals surface area contributed by atoms with E-state index < -0.39 is 0 Å². The Labute approximate surface area is 174 Å². The number of nitrogens with one attached hydrogen (secondary N) is 1. The van der Waals surface area contributed by atoms with Gasteiger partial charge in [-0.25, -0.2) is 14.6 Å². The zero-order chi connectivity index (χ0) is 20.4. The molecule has 7 nitrogen and oxygen atoms in total. The SMILES string of the molecule is Cc1nc(C)n(CC(C)C(=O)Nc2nc3c(s2)CN(Cc2ccccc2)CC3)n1. The molecule has 3 heterocycles. The Kier molecular flexibility index (Phi) is 5.73. The molecule has 0 bridgehead atoms. The van der Waals surface area contributed by atoms with Gasteiger partial charge >= 0.3 is 0 Å². The van der Waals surface area contributed by atoms with Crippen LogP contribution in [0, 0.1) is 19.8 Å². The predicted octanol–water partition coefficient (Wildman–Crippen LogP) is 3.18. The molecule has 1 unspecified atom stereocenters. The number of hydrogen-bond donors (Lipinski definition) is 1. The zero-order valence-corrected chi connectivity index (χ0v) is 17.9. The molecule has 29 heavy (non-hydrogen) atoms. The van der Waals surface area contributed by atoms with Gasteiger partial charge in [-0.3, -0.25) is 9.69 Å². The summed E-state index contributed by atoms with van der Waals surface area (Å²) in [5.74, 6) is 1.29. The number of rotatable bonds is 6. The number of benzene rings is 1. The zero-order valence-electron chi connectivity index (χ0n) is 17.1. The van der Waals surface area contributed by atoms with E-state index >= 15 is 0 Å². The summed E-state index contributed by atoms with van der Waals surface area (Å²) >= 11 is 1.59. The fraction of sp³-hybridized carbons (Fsp3) is 0.429. The maximum atomic E-state index is 12.6. The van der Waals surface area contributed by atoms with Gasteiger partial charge < -0.3 is 5.32 Å². The normalized spacial score (nSPS) is 15.1. The van der Waals surface area contributed by atoms with E-state index in [-0.39, 0.29) is 11.8 Å². The molecule has 1 aliphatic rings. The number of thiazole rings is 1. The third-order valence-corrected chi connectivity index (χ3v) is 6.14. The van der Waals surface area contributed by atoms with E-state index in [4.69, 9.17) is 0 Å². The van der Waals surface area contributed by atoms with Crippen molar-refractivity contribution < 1.29 is 4.79 Å². The summed E-state index contributed by atoms with van der Waals surface area (Å²) in [4.78, 5) is 25.3. The standard InChI is InChI=1S/C21H26N6OS/c1-14(11-27-16(3)22-15(2)25-27)20(28)24-21-23-18-9-10-26(13-19(18)29-21)12-17-7-5-4-6-8-17/h4-8,14H,9-13H2,1-3H3,(H,23,24,28). The molecule has 0 radical (unpaired) electrons. The molecule has 0 saturated heterocycles. The first-order chi connectivity index (χ1) is 14.0. The van der Waals surface area contributed by atoms with Gasteiger partial charge in [0.15, 0.2) is 5.13 Å². The number of carbonyl (C=O) groups is 1. The van der Waals surface area contributed by atoms with Crippen LogP contribution >= 0.6 is 11.3 Å². The number of fused-ring (bicyclic) bond motifs is 1. The van der Waals surface area contributed by atoms with Crippen LogP contribution in [0.3, 0.4) is 0 Å². The van der Waals surface area contributed by atoms with Crippen molar-refractivity contribution in [2.45, 2.75) is 46.8 Å². The lowest BCUT2D eigenvalue weighted by molar-refractivity contribution is -0.119. The molecule has 1 aliphatic heterocycles. The van der Waals surface area contributed by atoms with Gasteiger partial charge in [-0.1, -0.05) is 37.3 Å². The summed E-state index contributed by atoms with van der Waals surface area (Å²) in [7, 11) is 0. The number of anilines is 1. The van der Waals surface area contributed by atoms with Gasteiger partial charge in [-0.15, -0.1) is 11.3 Å². The summed E-state index contributed by atoms with van der Waals surface area (Å²) in [5, 5.41) is 8.04.